The predicted molar refractivity (Wildman–Crippen MR) is 9.36 cm³/mol. The van der Waals surface area contributed by atoms with E-state index < -0.39 is 6.29 Å². The monoisotopic (exact) mass is 102 g/mol. The number of hydrogen-bond donors (Lipinski definition) is 1. The van der Waals surface area contributed by atoms with Gasteiger partial charge in [-0.05, 0) is 4.53 Å². The molecule has 0 aliphatic rings. The maximum absolute atomic E-state index is 10.4. The van der Waals surface area contributed by atoms with Crippen LogP contribution in [-0.4, -0.2) is 11.4 Å². The Labute approximate surface area is 31.0 Å². The molecular formula is CHF3O2. The molecule has 1 N–H and O–H groups in total. The first-order valence-electron chi connectivity index (χ1n) is 0.960. The van der Waals surface area contributed by atoms with Crippen molar-refractivity contribution in [1.82, 2.24) is 0 Å². The summed E-state index contributed by atoms with van der Waals surface area (Å²) in [5.41, 5.74) is 0. The van der Waals surface area contributed by atoms with E-state index >= 15 is 0 Å². The van der Waals surface area contributed by atoms with Gasteiger partial charge in [-0.15, -0.1) is 8.78 Å². The van der Waals surface area contributed by atoms with Crippen molar-refractivity contribution in [3.05, 3.63) is 0 Å². The average Bonchev–Trinajstić information content (AvgIpc) is 1.35. The van der Waals surface area contributed by atoms with Crippen molar-refractivity contribution in [3.8, 4) is 0 Å². The smallest absolute Gasteiger partial charge is 0.309 e. The minimum absolute atomic E-state index is 1.66. The zero-order valence-corrected chi connectivity index (χ0v) is 2.49. The Kier molecular flexibility index (Phi) is 1.37. The van der Waals surface area contributed by atoms with Gasteiger partial charge in [-0.2, -0.15) is 0 Å². The Balaban J connectivity index is 3.17. The topological polar surface area (TPSA) is 29.5 Å². The van der Waals surface area contributed by atoms with Crippen molar-refractivity contribution in [2.75, 3.05) is 0 Å². The minimum atomic E-state index is -4.62. The molecule has 0 amide bonds. The van der Waals surface area contributed by atoms with E-state index in [1.54, 1.807) is 4.94 Å². The minimum Gasteiger partial charge on any atom is -0.309 e. The summed E-state index contributed by atoms with van der Waals surface area (Å²) in [6.07, 6.45) is -4.62. The number of rotatable bonds is 1. The molecule has 0 aromatic carbocycles. The molecule has 0 atom stereocenters. The highest BCUT2D eigenvalue weighted by Gasteiger charge is 2.26. The van der Waals surface area contributed by atoms with Gasteiger partial charge in [0.2, 0.25) is 0 Å². The lowest BCUT2D eigenvalue weighted by Crippen LogP contribution is -2.13. The van der Waals surface area contributed by atoms with Crippen LogP contribution < -0.4 is 0 Å². The zero-order chi connectivity index (χ0) is 5.21. The second kappa shape index (κ2) is 1.44. The van der Waals surface area contributed by atoms with Gasteiger partial charge in [-0.1, -0.05) is 4.94 Å². The van der Waals surface area contributed by atoms with E-state index in [1.807, 2.05) is 0 Å². The molecule has 0 aliphatic heterocycles. The third kappa shape index (κ3) is 3.71. The van der Waals surface area contributed by atoms with Crippen LogP contribution in [0.3, 0.4) is 0 Å². The lowest BCUT2D eigenvalue weighted by atomic mass is 11.3. The Morgan fingerprint density at radius 3 is 1.67 bits per heavy atom. The van der Waals surface area contributed by atoms with Gasteiger partial charge < -0.3 is 5.11 Å². The van der Waals surface area contributed by atoms with Crippen LogP contribution in [0.25, 0.3) is 0 Å². The standard InChI is InChI=1S/CHF3O2/c2-1(3,5)6-4/h5H. The second-order valence-corrected chi connectivity index (χ2v) is 0.563. The lowest BCUT2D eigenvalue weighted by molar-refractivity contribution is -0.450. The molecule has 5 heteroatoms. The van der Waals surface area contributed by atoms with Crippen LogP contribution in [0.15, 0.2) is 0 Å². The van der Waals surface area contributed by atoms with E-state index in [1.165, 1.54) is 0 Å². The Bertz CT molecular complexity index is 38.5. The van der Waals surface area contributed by atoms with Crippen molar-refractivity contribution in [2.45, 2.75) is 6.29 Å². The van der Waals surface area contributed by atoms with Gasteiger partial charge in [0.15, 0.2) is 0 Å². The van der Waals surface area contributed by atoms with E-state index in [0.717, 1.165) is 0 Å². The van der Waals surface area contributed by atoms with Crippen LogP contribution in [0.5, 0.6) is 0 Å². The molecule has 0 spiro atoms. The molecule has 0 radical (unpaired) electrons. The quantitative estimate of drug-likeness (QED) is 0.486. The van der Waals surface area contributed by atoms with Crippen molar-refractivity contribution >= 4 is 0 Å². The molecule has 0 aromatic rings. The molecule has 38 valence electrons. The summed E-state index contributed by atoms with van der Waals surface area (Å²) in [7, 11) is 0. The second-order valence-electron chi connectivity index (χ2n) is 0.563. The highest BCUT2D eigenvalue weighted by molar-refractivity contribution is 4.09. The fourth-order valence-corrected chi connectivity index (χ4v) is 0. The summed E-state index contributed by atoms with van der Waals surface area (Å²) in [5, 5.41) is 6.90. The Hall–Kier alpha value is -0.290. The number of halogens is 3. The van der Waals surface area contributed by atoms with Crippen LogP contribution >= 0.6 is 0 Å². The zero-order valence-electron chi connectivity index (χ0n) is 2.49. The molecule has 0 heterocycles. The van der Waals surface area contributed by atoms with Crippen LogP contribution in [0.2, 0.25) is 0 Å². The third-order valence-corrected chi connectivity index (χ3v) is 0.0928. The third-order valence-electron chi connectivity index (χ3n) is 0.0928. The first-order chi connectivity index (χ1) is 2.56. The highest BCUT2D eigenvalue weighted by Crippen LogP contribution is 2.08. The molecule has 0 fully saturated rings. The molecule has 0 aromatic heterocycles. The number of hydrogen-bond acceptors (Lipinski definition) is 2. The summed E-state index contributed by atoms with van der Waals surface area (Å²) in [4.78, 5) is 1.66. The van der Waals surface area contributed by atoms with E-state index in [9.17, 15) is 13.3 Å². The van der Waals surface area contributed by atoms with Gasteiger partial charge in [0.1, 0.15) is 0 Å². The number of aliphatic hydroxyl groups is 1. The van der Waals surface area contributed by atoms with Crippen LogP contribution in [-0.2, 0) is 4.94 Å². The molecule has 6 heavy (non-hydrogen) atoms. The molecule has 2 nitrogen and oxygen atoms in total. The highest BCUT2D eigenvalue weighted by atomic mass is 19.4. The molecule has 0 saturated heterocycles. The summed E-state index contributed by atoms with van der Waals surface area (Å²) < 4.78 is 30.8. The lowest BCUT2D eigenvalue weighted by Gasteiger charge is -1.95. The van der Waals surface area contributed by atoms with E-state index in [4.69, 9.17) is 5.11 Å². The van der Waals surface area contributed by atoms with Crippen LogP contribution in [0.4, 0.5) is 13.3 Å². The first kappa shape index (κ1) is 5.71. The van der Waals surface area contributed by atoms with E-state index in [-0.39, 0.29) is 0 Å². The van der Waals surface area contributed by atoms with E-state index in [0.29, 0.717) is 0 Å². The Morgan fingerprint density at radius 2 is 1.67 bits per heavy atom. The maximum atomic E-state index is 10.4. The summed E-state index contributed by atoms with van der Waals surface area (Å²) in [5.74, 6) is 0. The van der Waals surface area contributed by atoms with Crippen LogP contribution in [0.1, 0.15) is 0 Å². The fraction of sp³-hybridized carbons (Fsp3) is 1.00. The largest absolute Gasteiger partial charge is 0.513 e. The predicted octanol–water partition coefficient (Wildman–Crippen LogP) is 0.430. The normalized spacial score (nSPS) is 12.0. The molecule has 0 aliphatic carbocycles. The van der Waals surface area contributed by atoms with Crippen molar-refractivity contribution < 1.29 is 23.4 Å². The van der Waals surface area contributed by atoms with Crippen molar-refractivity contribution in [2.24, 2.45) is 0 Å². The summed E-state index contributed by atoms with van der Waals surface area (Å²) >= 11 is 0. The van der Waals surface area contributed by atoms with E-state index in [2.05, 4.69) is 0 Å². The summed E-state index contributed by atoms with van der Waals surface area (Å²) in [6, 6.07) is 0. The molecular weight excluding hydrogens is 101 g/mol. The molecule has 0 unspecified atom stereocenters. The van der Waals surface area contributed by atoms with Gasteiger partial charge in [0.25, 0.3) is 0 Å². The van der Waals surface area contributed by atoms with Gasteiger partial charge in [-0.25, -0.2) is 0 Å². The molecule has 0 bridgehead atoms. The van der Waals surface area contributed by atoms with Gasteiger partial charge in [0.05, 0.1) is 0 Å². The summed E-state index contributed by atoms with van der Waals surface area (Å²) in [6.45, 7) is 0. The Morgan fingerprint density at radius 1 is 1.50 bits per heavy atom. The first-order valence-corrected chi connectivity index (χ1v) is 0.960. The maximum Gasteiger partial charge on any atom is 0.513 e. The number of alkyl halides is 2. The van der Waals surface area contributed by atoms with Crippen molar-refractivity contribution in [1.29, 1.82) is 0 Å². The van der Waals surface area contributed by atoms with Gasteiger partial charge in [0, 0.05) is 0 Å². The average molecular weight is 102 g/mol. The van der Waals surface area contributed by atoms with Crippen molar-refractivity contribution in [3.63, 3.8) is 0 Å². The fourth-order valence-electron chi connectivity index (χ4n) is 0. The molecule has 0 saturated carbocycles. The SMILES string of the molecule is OC(F)(F)OF. The van der Waals surface area contributed by atoms with Crippen LogP contribution in [0, 0.1) is 0 Å². The van der Waals surface area contributed by atoms with Gasteiger partial charge in [-0.3, -0.25) is 0 Å². The van der Waals surface area contributed by atoms with Gasteiger partial charge >= 0.3 is 6.29 Å². The molecule has 0 rings (SSSR count).